The summed E-state index contributed by atoms with van der Waals surface area (Å²) < 4.78 is 1.32. The maximum atomic E-state index is 2.37. The molecule has 0 rings (SSSR count). The summed E-state index contributed by atoms with van der Waals surface area (Å²) in [6.07, 6.45) is 0. The van der Waals surface area contributed by atoms with Crippen molar-refractivity contribution in [3.8, 4) is 0 Å². The Labute approximate surface area is 119 Å². The average Bonchev–Trinajstić information content (AvgIpc) is 1.95. The van der Waals surface area contributed by atoms with Crippen molar-refractivity contribution < 1.29 is 4.48 Å². The lowest BCUT2D eigenvalue weighted by atomic mass is 10.0. The molecule has 0 unspecified atom stereocenters. The maximum absolute atomic E-state index is 2.37. The van der Waals surface area contributed by atoms with Crippen LogP contribution in [0.15, 0.2) is 0 Å². The van der Waals surface area contributed by atoms with Gasteiger partial charge < -0.3 is 4.48 Å². The summed E-state index contributed by atoms with van der Waals surface area (Å²) in [4.78, 5) is 0. The standard InChI is InChI=1S/C16H36N.B/c1-13(2)9-17(10-14(3)4,11-15(5)6)12-16(7)8;/h13-16H,9-12H2,1-8H3;/q+1;. The summed E-state index contributed by atoms with van der Waals surface area (Å²) in [5.74, 6) is 3.19. The topological polar surface area (TPSA) is 0 Å². The van der Waals surface area contributed by atoms with E-state index < -0.39 is 0 Å². The Morgan fingerprint density at radius 1 is 0.500 bits per heavy atom. The van der Waals surface area contributed by atoms with Gasteiger partial charge in [0.2, 0.25) is 0 Å². The van der Waals surface area contributed by atoms with E-state index in [1.54, 1.807) is 0 Å². The third kappa shape index (κ3) is 9.02. The summed E-state index contributed by atoms with van der Waals surface area (Å²) in [5.41, 5.74) is 0. The third-order valence-electron chi connectivity index (χ3n) is 3.01. The number of nitrogens with zero attached hydrogens (tertiary/aromatic N) is 1. The molecule has 0 atom stereocenters. The fourth-order valence-corrected chi connectivity index (χ4v) is 3.55. The van der Waals surface area contributed by atoms with Gasteiger partial charge in [0.15, 0.2) is 0 Å². The minimum Gasteiger partial charge on any atom is -0.323 e. The van der Waals surface area contributed by atoms with E-state index in [1.807, 2.05) is 0 Å². The molecule has 3 radical (unpaired) electrons. The summed E-state index contributed by atoms with van der Waals surface area (Å²) in [7, 11) is 0. The van der Waals surface area contributed by atoms with Crippen molar-refractivity contribution in [2.24, 2.45) is 23.7 Å². The van der Waals surface area contributed by atoms with Gasteiger partial charge in [0.1, 0.15) is 0 Å². The number of hydrogen-bond donors (Lipinski definition) is 0. The highest BCUT2D eigenvalue weighted by molar-refractivity contribution is 5.75. The van der Waals surface area contributed by atoms with E-state index in [1.165, 1.54) is 30.7 Å². The van der Waals surface area contributed by atoms with Gasteiger partial charge in [-0.1, -0.05) is 55.4 Å². The summed E-state index contributed by atoms with van der Waals surface area (Å²) >= 11 is 0. The lowest BCUT2D eigenvalue weighted by molar-refractivity contribution is -0.938. The van der Waals surface area contributed by atoms with Gasteiger partial charge in [-0.3, -0.25) is 0 Å². The molecule has 0 aromatic rings. The molecule has 0 N–H and O–H groups in total. The van der Waals surface area contributed by atoms with Gasteiger partial charge in [-0.05, 0) is 0 Å². The molecule has 0 saturated heterocycles. The number of quaternary nitrogens is 1. The second kappa shape index (κ2) is 9.01. The zero-order valence-electron chi connectivity index (χ0n) is 14.2. The minimum absolute atomic E-state index is 0. The van der Waals surface area contributed by atoms with Gasteiger partial charge in [-0.15, -0.1) is 0 Å². The molecule has 0 bridgehead atoms. The Hall–Kier alpha value is 0.0249. The average molecular weight is 253 g/mol. The molecule has 2 heteroatoms. The van der Waals surface area contributed by atoms with Crippen LogP contribution in [0.1, 0.15) is 55.4 Å². The van der Waals surface area contributed by atoms with Crippen LogP contribution in [0.4, 0.5) is 0 Å². The summed E-state index contributed by atoms with van der Waals surface area (Å²) in [6, 6.07) is 0. The van der Waals surface area contributed by atoms with Gasteiger partial charge in [0.05, 0.1) is 26.2 Å². The molecule has 18 heavy (non-hydrogen) atoms. The quantitative estimate of drug-likeness (QED) is 0.452. The first-order valence-corrected chi connectivity index (χ1v) is 7.52. The molecular formula is C16H36BN+. The van der Waals surface area contributed by atoms with Crippen LogP contribution in [-0.4, -0.2) is 39.1 Å². The Balaban J connectivity index is 0. The van der Waals surface area contributed by atoms with Crippen molar-refractivity contribution in [3.63, 3.8) is 0 Å². The number of rotatable bonds is 8. The highest BCUT2D eigenvalue weighted by Crippen LogP contribution is 2.21. The first-order valence-electron chi connectivity index (χ1n) is 7.52. The van der Waals surface area contributed by atoms with Crippen LogP contribution in [-0.2, 0) is 0 Å². The first kappa shape index (κ1) is 20.3. The smallest absolute Gasteiger partial charge is 0.0810 e. The lowest BCUT2D eigenvalue weighted by Gasteiger charge is -2.44. The molecular weight excluding hydrogens is 217 g/mol. The molecule has 0 spiro atoms. The lowest BCUT2D eigenvalue weighted by Crippen LogP contribution is -2.56. The van der Waals surface area contributed by atoms with E-state index in [9.17, 15) is 0 Å². The third-order valence-corrected chi connectivity index (χ3v) is 3.01. The predicted molar refractivity (Wildman–Crippen MR) is 84.8 cm³/mol. The van der Waals surface area contributed by atoms with E-state index >= 15 is 0 Å². The summed E-state index contributed by atoms with van der Waals surface area (Å²) in [6.45, 7) is 24.3. The van der Waals surface area contributed by atoms with Crippen LogP contribution in [0.5, 0.6) is 0 Å². The molecule has 107 valence electrons. The van der Waals surface area contributed by atoms with Crippen molar-refractivity contribution in [3.05, 3.63) is 0 Å². The molecule has 0 amide bonds. The molecule has 0 saturated carbocycles. The van der Waals surface area contributed by atoms with Crippen molar-refractivity contribution in [1.29, 1.82) is 0 Å². The van der Waals surface area contributed by atoms with Crippen LogP contribution in [0, 0.1) is 23.7 Å². The molecule has 0 aliphatic rings. The monoisotopic (exact) mass is 253 g/mol. The van der Waals surface area contributed by atoms with Crippen LogP contribution in [0.3, 0.4) is 0 Å². The van der Waals surface area contributed by atoms with Crippen LogP contribution < -0.4 is 0 Å². The Kier molecular flexibility index (Phi) is 10.2. The zero-order valence-corrected chi connectivity index (χ0v) is 14.2. The van der Waals surface area contributed by atoms with E-state index in [-0.39, 0.29) is 8.41 Å². The highest BCUT2D eigenvalue weighted by Gasteiger charge is 2.31. The van der Waals surface area contributed by atoms with Gasteiger partial charge in [-0.2, -0.15) is 0 Å². The molecule has 0 aromatic heterocycles. The van der Waals surface area contributed by atoms with Crippen molar-refractivity contribution in [2.75, 3.05) is 26.2 Å². The molecule has 1 nitrogen and oxygen atoms in total. The fourth-order valence-electron chi connectivity index (χ4n) is 3.55. The van der Waals surface area contributed by atoms with Gasteiger partial charge in [0, 0.05) is 32.1 Å². The molecule has 0 heterocycles. The van der Waals surface area contributed by atoms with Crippen molar-refractivity contribution in [2.45, 2.75) is 55.4 Å². The maximum Gasteiger partial charge on any atom is 0.0810 e. The number of hydrogen-bond acceptors (Lipinski definition) is 0. The normalized spacial score (nSPS) is 12.7. The SMILES string of the molecule is CC(C)C[N+](CC(C)C)(CC(C)C)CC(C)C.[B]. The van der Waals surface area contributed by atoms with Crippen molar-refractivity contribution >= 4 is 8.41 Å². The van der Waals surface area contributed by atoms with Crippen LogP contribution >= 0.6 is 0 Å². The zero-order chi connectivity index (χ0) is 13.6. The van der Waals surface area contributed by atoms with Crippen LogP contribution in [0.25, 0.3) is 0 Å². The second-order valence-electron chi connectivity index (χ2n) is 7.65. The van der Waals surface area contributed by atoms with Crippen LogP contribution in [0.2, 0.25) is 0 Å². The predicted octanol–water partition coefficient (Wildman–Crippen LogP) is 4.05. The second-order valence-corrected chi connectivity index (χ2v) is 7.65. The van der Waals surface area contributed by atoms with E-state index in [2.05, 4.69) is 55.4 Å². The van der Waals surface area contributed by atoms with E-state index in [0.717, 1.165) is 23.7 Å². The Morgan fingerprint density at radius 2 is 0.667 bits per heavy atom. The Bertz CT molecular complexity index is 152. The Morgan fingerprint density at radius 3 is 0.778 bits per heavy atom. The van der Waals surface area contributed by atoms with Crippen molar-refractivity contribution in [1.82, 2.24) is 0 Å². The highest BCUT2D eigenvalue weighted by atomic mass is 15.4. The van der Waals surface area contributed by atoms with Gasteiger partial charge in [0.25, 0.3) is 0 Å². The van der Waals surface area contributed by atoms with E-state index in [0.29, 0.717) is 0 Å². The van der Waals surface area contributed by atoms with Gasteiger partial charge >= 0.3 is 0 Å². The van der Waals surface area contributed by atoms with Gasteiger partial charge in [-0.25, -0.2) is 0 Å². The first-order chi connectivity index (χ1) is 7.67. The summed E-state index contributed by atoms with van der Waals surface area (Å²) in [5, 5.41) is 0. The molecule has 0 aliphatic carbocycles. The minimum atomic E-state index is 0. The largest absolute Gasteiger partial charge is 0.323 e. The molecule has 0 aromatic carbocycles. The van der Waals surface area contributed by atoms with E-state index in [4.69, 9.17) is 0 Å². The molecule has 0 aliphatic heterocycles. The fraction of sp³-hybridized carbons (Fsp3) is 1.00. The molecule has 0 fully saturated rings.